The van der Waals surface area contributed by atoms with E-state index >= 15 is 0 Å². The Morgan fingerprint density at radius 1 is 1.28 bits per heavy atom. The molecule has 0 bridgehead atoms. The van der Waals surface area contributed by atoms with Crippen LogP contribution in [0.5, 0.6) is 5.75 Å². The number of likely N-dealkylation sites (tertiary alicyclic amines) is 1. The van der Waals surface area contributed by atoms with Crippen LogP contribution in [0.25, 0.3) is 0 Å². The monoisotopic (exact) mass is 339 g/mol. The smallest absolute Gasteiger partial charge is 0.147 e. The Kier molecular flexibility index (Phi) is 5.67. The van der Waals surface area contributed by atoms with Gasteiger partial charge in [-0.15, -0.1) is 0 Å². The number of benzene rings is 1. The van der Waals surface area contributed by atoms with Crippen LogP contribution in [0, 0.1) is 25.2 Å². The molecule has 2 aromatic rings. The molecule has 0 radical (unpaired) electrons. The highest BCUT2D eigenvalue weighted by Crippen LogP contribution is 2.20. The quantitative estimate of drug-likeness (QED) is 0.809. The minimum absolute atomic E-state index is 0.461. The molecule has 0 amide bonds. The van der Waals surface area contributed by atoms with Crippen LogP contribution >= 0.6 is 0 Å². The van der Waals surface area contributed by atoms with Gasteiger partial charge in [-0.05, 0) is 45.4 Å². The molecule has 6 nitrogen and oxygen atoms in total. The van der Waals surface area contributed by atoms with Gasteiger partial charge in [0, 0.05) is 12.6 Å². The number of hydrogen-bond donors (Lipinski definition) is 0. The molecule has 1 aliphatic rings. The Bertz CT molecular complexity index is 749. The van der Waals surface area contributed by atoms with Crippen LogP contribution in [0.4, 0.5) is 0 Å². The standard InChI is InChI=1S/C19H25N5O/c1-15-21-16(2)24(22-15)14-18-8-5-6-10-23(18)11-12-25-19-9-4-3-7-17(19)13-20/h3-4,7,9,18H,5-6,8,10-12,14H2,1-2H3/t18-/m0/s1. The lowest BCUT2D eigenvalue weighted by Crippen LogP contribution is -2.44. The lowest BCUT2D eigenvalue weighted by atomic mass is 10.0. The highest BCUT2D eigenvalue weighted by molar-refractivity contribution is 5.42. The van der Waals surface area contributed by atoms with Gasteiger partial charge in [0.2, 0.25) is 0 Å². The number of nitrogens with zero attached hydrogens (tertiary/aromatic N) is 5. The molecular formula is C19H25N5O. The fourth-order valence-electron chi connectivity index (χ4n) is 3.45. The van der Waals surface area contributed by atoms with Crippen molar-refractivity contribution in [3.63, 3.8) is 0 Å². The van der Waals surface area contributed by atoms with Crippen molar-refractivity contribution < 1.29 is 4.74 Å². The number of nitriles is 1. The molecule has 1 aliphatic heterocycles. The summed E-state index contributed by atoms with van der Waals surface area (Å²) in [5.41, 5.74) is 0.589. The van der Waals surface area contributed by atoms with Gasteiger partial charge in [0.1, 0.15) is 30.1 Å². The van der Waals surface area contributed by atoms with Crippen molar-refractivity contribution in [3.05, 3.63) is 41.5 Å². The maximum atomic E-state index is 9.14. The summed E-state index contributed by atoms with van der Waals surface area (Å²) in [6, 6.07) is 10.0. The van der Waals surface area contributed by atoms with E-state index in [0.29, 0.717) is 24.0 Å². The highest BCUT2D eigenvalue weighted by Gasteiger charge is 2.23. The predicted molar refractivity (Wildman–Crippen MR) is 95.4 cm³/mol. The van der Waals surface area contributed by atoms with Crippen LogP contribution in [0.15, 0.2) is 24.3 Å². The summed E-state index contributed by atoms with van der Waals surface area (Å²) in [4.78, 5) is 6.88. The number of para-hydroxylation sites is 1. The summed E-state index contributed by atoms with van der Waals surface area (Å²) in [7, 11) is 0. The molecule has 1 fully saturated rings. The van der Waals surface area contributed by atoms with E-state index in [-0.39, 0.29) is 0 Å². The van der Waals surface area contributed by atoms with Crippen molar-refractivity contribution in [1.82, 2.24) is 19.7 Å². The highest BCUT2D eigenvalue weighted by atomic mass is 16.5. The first-order valence-corrected chi connectivity index (χ1v) is 8.91. The van der Waals surface area contributed by atoms with Crippen LogP contribution in [0.2, 0.25) is 0 Å². The fourth-order valence-corrected chi connectivity index (χ4v) is 3.45. The third-order valence-electron chi connectivity index (χ3n) is 4.74. The first-order chi connectivity index (χ1) is 12.2. The van der Waals surface area contributed by atoms with E-state index < -0.39 is 0 Å². The van der Waals surface area contributed by atoms with Crippen LogP contribution in [-0.4, -0.2) is 45.4 Å². The first kappa shape index (κ1) is 17.4. The van der Waals surface area contributed by atoms with Crippen LogP contribution in [0.1, 0.15) is 36.5 Å². The summed E-state index contributed by atoms with van der Waals surface area (Å²) < 4.78 is 7.88. The molecule has 1 saturated heterocycles. The zero-order valence-electron chi connectivity index (χ0n) is 15.0. The number of hydrogen-bond acceptors (Lipinski definition) is 5. The number of ether oxygens (including phenoxy) is 1. The average Bonchev–Trinajstić information content (AvgIpc) is 2.94. The zero-order valence-corrected chi connectivity index (χ0v) is 15.0. The van der Waals surface area contributed by atoms with E-state index in [9.17, 15) is 0 Å². The molecule has 1 aromatic carbocycles. The Morgan fingerprint density at radius 3 is 2.88 bits per heavy atom. The van der Waals surface area contributed by atoms with E-state index in [0.717, 1.165) is 31.3 Å². The lowest BCUT2D eigenvalue weighted by molar-refractivity contribution is 0.108. The van der Waals surface area contributed by atoms with Gasteiger partial charge in [-0.1, -0.05) is 18.6 Å². The maximum Gasteiger partial charge on any atom is 0.147 e. The molecule has 2 heterocycles. The molecule has 3 rings (SSSR count). The van der Waals surface area contributed by atoms with Crippen LogP contribution < -0.4 is 4.74 Å². The van der Waals surface area contributed by atoms with Crippen molar-refractivity contribution >= 4 is 0 Å². The van der Waals surface area contributed by atoms with Crippen LogP contribution in [0.3, 0.4) is 0 Å². The molecule has 0 unspecified atom stereocenters. The molecule has 0 saturated carbocycles. The Labute approximate surface area is 149 Å². The summed E-state index contributed by atoms with van der Waals surface area (Å²) in [5.74, 6) is 2.47. The Hall–Kier alpha value is -2.39. The van der Waals surface area contributed by atoms with Gasteiger partial charge in [0.15, 0.2) is 0 Å². The van der Waals surface area contributed by atoms with E-state index in [1.165, 1.54) is 19.3 Å². The van der Waals surface area contributed by atoms with Gasteiger partial charge in [0.05, 0.1) is 12.1 Å². The van der Waals surface area contributed by atoms with Gasteiger partial charge in [-0.25, -0.2) is 9.67 Å². The minimum atomic E-state index is 0.461. The van der Waals surface area contributed by atoms with Gasteiger partial charge in [-0.2, -0.15) is 10.4 Å². The van der Waals surface area contributed by atoms with E-state index in [1.54, 1.807) is 6.07 Å². The molecular weight excluding hydrogens is 314 g/mol. The Morgan fingerprint density at radius 2 is 2.12 bits per heavy atom. The summed E-state index contributed by atoms with van der Waals surface area (Å²) in [5, 5.41) is 13.6. The second-order valence-corrected chi connectivity index (χ2v) is 6.53. The number of aryl methyl sites for hydroxylation is 2. The van der Waals surface area contributed by atoms with Gasteiger partial charge in [-0.3, -0.25) is 4.90 Å². The Balaban J connectivity index is 1.58. The predicted octanol–water partition coefficient (Wildman–Crippen LogP) is 2.70. The third kappa shape index (κ3) is 4.37. The van der Waals surface area contributed by atoms with Gasteiger partial charge in [0.25, 0.3) is 0 Å². The van der Waals surface area contributed by atoms with Crippen molar-refractivity contribution in [2.24, 2.45) is 0 Å². The number of piperidine rings is 1. The first-order valence-electron chi connectivity index (χ1n) is 8.91. The van der Waals surface area contributed by atoms with Crippen molar-refractivity contribution in [2.45, 2.75) is 45.7 Å². The summed E-state index contributed by atoms with van der Waals surface area (Å²) in [6.45, 7) is 7.35. The number of rotatable bonds is 6. The number of aromatic nitrogens is 3. The largest absolute Gasteiger partial charge is 0.491 e. The zero-order chi connectivity index (χ0) is 17.6. The normalized spacial score (nSPS) is 18.0. The van der Waals surface area contributed by atoms with E-state index in [4.69, 9.17) is 10.00 Å². The van der Waals surface area contributed by atoms with Gasteiger partial charge < -0.3 is 4.74 Å². The molecule has 25 heavy (non-hydrogen) atoms. The van der Waals surface area contributed by atoms with Crippen LogP contribution in [-0.2, 0) is 6.54 Å². The summed E-state index contributed by atoms with van der Waals surface area (Å²) in [6.07, 6.45) is 3.65. The minimum Gasteiger partial charge on any atom is -0.491 e. The molecule has 0 N–H and O–H groups in total. The van der Waals surface area contributed by atoms with E-state index in [1.807, 2.05) is 36.7 Å². The van der Waals surface area contributed by atoms with Gasteiger partial charge >= 0.3 is 0 Å². The molecule has 0 spiro atoms. The topological polar surface area (TPSA) is 67.0 Å². The molecule has 132 valence electrons. The maximum absolute atomic E-state index is 9.14. The second-order valence-electron chi connectivity index (χ2n) is 6.53. The second kappa shape index (κ2) is 8.13. The van der Waals surface area contributed by atoms with Crippen molar-refractivity contribution in [3.8, 4) is 11.8 Å². The molecule has 6 heteroatoms. The average molecular weight is 339 g/mol. The SMILES string of the molecule is Cc1nc(C)n(C[C@@H]2CCCCN2CCOc2ccccc2C#N)n1. The fraction of sp³-hybridized carbons (Fsp3) is 0.526. The summed E-state index contributed by atoms with van der Waals surface area (Å²) >= 11 is 0. The molecule has 1 atom stereocenters. The van der Waals surface area contributed by atoms with Crippen molar-refractivity contribution in [2.75, 3.05) is 19.7 Å². The third-order valence-corrected chi connectivity index (χ3v) is 4.74. The lowest BCUT2D eigenvalue weighted by Gasteiger charge is -2.35. The molecule has 1 aromatic heterocycles. The van der Waals surface area contributed by atoms with Crippen molar-refractivity contribution in [1.29, 1.82) is 5.26 Å². The van der Waals surface area contributed by atoms with E-state index in [2.05, 4.69) is 21.1 Å². The molecule has 0 aliphatic carbocycles.